The van der Waals surface area contributed by atoms with Crippen LogP contribution in [0.1, 0.15) is 79.7 Å². The van der Waals surface area contributed by atoms with Crippen molar-refractivity contribution in [3.05, 3.63) is 70.3 Å². The minimum atomic E-state index is -4.51. The monoisotopic (exact) mass is 487 g/mol. The maximum Gasteiger partial charge on any atom is 0.416 e. The van der Waals surface area contributed by atoms with Gasteiger partial charge in [-0.15, -0.1) is 0 Å². The Morgan fingerprint density at radius 3 is 2.23 bits per heavy atom. The van der Waals surface area contributed by atoms with E-state index in [1.54, 1.807) is 0 Å². The van der Waals surface area contributed by atoms with Gasteiger partial charge in [0.25, 0.3) is 0 Å². The first kappa shape index (κ1) is 28.0. The zero-order valence-corrected chi connectivity index (χ0v) is 20.3. The lowest BCUT2D eigenvalue weighted by Gasteiger charge is -2.19. The smallest absolute Gasteiger partial charge is 0.416 e. The molecule has 0 aromatic heterocycles. The van der Waals surface area contributed by atoms with E-state index in [0.717, 1.165) is 41.0 Å². The van der Waals surface area contributed by atoms with Crippen LogP contribution in [0.5, 0.6) is 0 Å². The van der Waals surface area contributed by atoms with Crippen LogP contribution >= 0.6 is 0 Å². The lowest BCUT2D eigenvalue weighted by Crippen LogP contribution is -2.32. The van der Waals surface area contributed by atoms with E-state index in [4.69, 9.17) is 5.11 Å². The molecule has 35 heavy (non-hydrogen) atoms. The van der Waals surface area contributed by atoms with Gasteiger partial charge in [0.1, 0.15) is 0 Å². The summed E-state index contributed by atoms with van der Waals surface area (Å²) in [5.74, 6) is 3.56. The summed E-state index contributed by atoms with van der Waals surface area (Å²) >= 11 is 0. The lowest BCUT2D eigenvalue weighted by molar-refractivity contribution is -0.155. The number of carbonyl (C=O) groups is 2. The number of amides is 1. The Morgan fingerprint density at radius 2 is 1.60 bits per heavy atom. The number of benzene rings is 2. The van der Waals surface area contributed by atoms with Crippen LogP contribution in [0, 0.1) is 11.8 Å². The fourth-order valence-corrected chi connectivity index (χ4v) is 3.70. The highest BCUT2D eigenvalue weighted by Gasteiger charge is 2.31. The topological polar surface area (TPSA) is 57.6 Å². The second-order valence-electron chi connectivity index (χ2n) is 8.64. The van der Waals surface area contributed by atoms with E-state index in [0.29, 0.717) is 11.1 Å². The second-order valence-corrected chi connectivity index (χ2v) is 8.64. The van der Waals surface area contributed by atoms with Crippen LogP contribution in [-0.4, -0.2) is 28.9 Å². The Balaban J connectivity index is 2.09. The zero-order valence-electron chi connectivity index (χ0n) is 20.3. The molecule has 0 atom stereocenters. The Kier molecular flexibility index (Phi) is 10.8. The van der Waals surface area contributed by atoms with E-state index in [1.807, 2.05) is 24.3 Å². The number of carboxylic acid groups (broad SMARTS) is 1. The SMILES string of the molecule is CCCCCCCCC#Cc1ccc(Cc2cc(C(F)(F)F)ccc2CN(C)C(=O)C(=O)O)cc1. The Hall–Kier alpha value is -3.27. The van der Waals surface area contributed by atoms with Gasteiger partial charge in [-0.2, -0.15) is 13.2 Å². The molecule has 4 nitrogen and oxygen atoms in total. The molecule has 0 aliphatic heterocycles. The normalized spacial score (nSPS) is 11.0. The number of unbranched alkanes of at least 4 members (excludes halogenated alkanes) is 6. The standard InChI is InChI=1S/C28H32F3NO3/c1-3-4-5-6-7-8-9-10-11-21-12-14-22(15-13-21)18-24-19-25(28(29,30)31)17-16-23(24)20-32(2)26(33)27(34)35/h12-17,19H,3-9,18,20H2,1-2H3,(H,34,35). The molecule has 0 bridgehead atoms. The Morgan fingerprint density at radius 1 is 0.943 bits per heavy atom. The van der Waals surface area contributed by atoms with Crippen molar-refractivity contribution in [2.45, 2.75) is 71.0 Å². The number of hydrogen-bond acceptors (Lipinski definition) is 2. The van der Waals surface area contributed by atoms with Gasteiger partial charge in [-0.05, 0) is 53.8 Å². The second kappa shape index (κ2) is 13.6. The summed E-state index contributed by atoms with van der Waals surface area (Å²) in [4.78, 5) is 23.6. The van der Waals surface area contributed by atoms with Gasteiger partial charge in [0.05, 0.1) is 5.56 Å². The number of aliphatic carboxylic acids is 1. The average Bonchev–Trinajstić information content (AvgIpc) is 2.81. The molecular formula is C28H32F3NO3. The molecule has 1 N–H and O–H groups in total. The zero-order chi connectivity index (χ0) is 25.8. The molecule has 7 heteroatoms. The third kappa shape index (κ3) is 9.48. The van der Waals surface area contributed by atoms with Crippen LogP contribution in [0.15, 0.2) is 42.5 Å². The molecular weight excluding hydrogens is 455 g/mol. The van der Waals surface area contributed by atoms with Gasteiger partial charge >= 0.3 is 18.1 Å². The molecule has 1 amide bonds. The highest BCUT2D eigenvalue weighted by Crippen LogP contribution is 2.31. The molecule has 188 valence electrons. The molecule has 0 aliphatic carbocycles. The molecule has 0 radical (unpaired) electrons. The predicted molar refractivity (Wildman–Crippen MR) is 130 cm³/mol. The molecule has 2 aromatic rings. The van der Waals surface area contributed by atoms with Gasteiger partial charge in [-0.25, -0.2) is 4.79 Å². The van der Waals surface area contributed by atoms with E-state index < -0.39 is 23.6 Å². The largest absolute Gasteiger partial charge is 0.474 e. The molecule has 0 fully saturated rings. The summed E-state index contributed by atoms with van der Waals surface area (Å²) < 4.78 is 39.8. The minimum Gasteiger partial charge on any atom is -0.474 e. The van der Waals surface area contributed by atoms with Gasteiger partial charge in [0.2, 0.25) is 0 Å². The first-order valence-electron chi connectivity index (χ1n) is 11.9. The van der Waals surface area contributed by atoms with E-state index >= 15 is 0 Å². The van der Waals surface area contributed by atoms with Crippen molar-refractivity contribution in [1.82, 2.24) is 4.90 Å². The Bertz CT molecular complexity index is 1050. The molecule has 0 saturated heterocycles. The number of alkyl halides is 3. The van der Waals surface area contributed by atoms with E-state index in [1.165, 1.54) is 45.2 Å². The summed E-state index contributed by atoms with van der Waals surface area (Å²) in [7, 11) is 1.30. The number of rotatable bonds is 10. The highest BCUT2D eigenvalue weighted by molar-refractivity contribution is 6.31. The van der Waals surface area contributed by atoms with Crippen molar-refractivity contribution in [1.29, 1.82) is 0 Å². The summed E-state index contributed by atoms with van der Waals surface area (Å²) in [5, 5.41) is 8.90. The maximum atomic E-state index is 13.3. The first-order chi connectivity index (χ1) is 16.6. The quantitative estimate of drug-likeness (QED) is 0.238. The number of carboxylic acids is 1. The van der Waals surface area contributed by atoms with Crippen molar-refractivity contribution in [2.24, 2.45) is 0 Å². The summed E-state index contributed by atoms with van der Waals surface area (Å²) in [6, 6.07) is 10.6. The van der Waals surface area contributed by atoms with Crippen LogP contribution in [-0.2, 0) is 28.7 Å². The number of nitrogens with zero attached hydrogens (tertiary/aromatic N) is 1. The molecule has 0 unspecified atom stereocenters. The molecule has 0 aliphatic rings. The van der Waals surface area contributed by atoms with Crippen molar-refractivity contribution in [3.8, 4) is 11.8 Å². The fraction of sp³-hybridized carbons (Fsp3) is 0.429. The third-order valence-electron chi connectivity index (χ3n) is 5.71. The van der Waals surface area contributed by atoms with Crippen LogP contribution in [0.25, 0.3) is 0 Å². The summed E-state index contributed by atoms with van der Waals surface area (Å²) in [5.41, 5.74) is 1.68. The number of halogens is 3. The van der Waals surface area contributed by atoms with E-state index in [-0.39, 0.29) is 13.0 Å². The summed E-state index contributed by atoms with van der Waals surface area (Å²) in [6.07, 6.45) is 3.80. The lowest BCUT2D eigenvalue weighted by atomic mass is 9.96. The van der Waals surface area contributed by atoms with Crippen molar-refractivity contribution >= 4 is 11.9 Å². The Labute approximate surface area is 205 Å². The minimum absolute atomic E-state index is 0.111. The number of likely N-dealkylation sites (N-methyl/N-ethyl adjacent to an activating group) is 1. The van der Waals surface area contributed by atoms with Crippen molar-refractivity contribution in [3.63, 3.8) is 0 Å². The molecule has 2 rings (SSSR count). The van der Waals surface area contributed by atoms with E-state index in [9.17, 15) is 22.8 Å². The average molecular weight is 488 g/mol. The van der Waals surface area contributed by atoms with E-state index in [2.05, 4.69) is 18.8 Å². The first-order valence-corrected chi connectivity index (χ1v) is 11.9. The number of carbonyl (C=O) groups excluding carboxylic acids is 1. The van der Waals surface area contributed by atoms with Crippen LogP contribution in [0.3, 0.4) is 0 Å². The van der Waals surface area contributed by atoms with Crippen molar-refractivity contribution in [2.75, 3.05) is 7.05 Å². The highest BCUT2D eigenvalue weighted by atomic mass is 19.4. The molecule has 2 aromatic carbocycles. The third-order valence-corrected chi connectivity index (χ3v) is 5.71. The van der Waals surface area contributed by atoms with Crippen LogP contribution in [0.2, 0.25) is 0 Å². The molecule has 0 saturated carbocycles. The number of hydrogen-bond donors (Lipinski definition) is 1. The van der Waals surface area contributed by atoms with Gasteiger partial charge < -0.3 is 10.0 Å². The van der Waals surface area contributed by atoms with Gasteiger partial charge in [0.15, 0.2) is 0 Å². The van der Waals surface area contributed by atoms with Crippen molar-refractivity contribution < 1.29 is 27.9 Å². The maximum absolute atomic E-state index is 13.3. The van der Waals surface area contributed by atoms with Gasteiger partial charge in [-0.1, -0.05) is 69.1 Å². The van der Waals surface area contributed by atoms with Gasteiger partial charge in [0, 0.05) is 25.6 Å². The predicted octanol–water partition coefficient (Wildman–Crippen LogP) is 6.44. The fourth-order valence-electron chi connectivity index (χ4n) is 3.70. The van der Waals surface area contributed by atoms with Gasteiger partial charge in [-0.3, -0.25) is 4.79 Å². The van der Waals surface area contributed by atoms with Crippen LogP contribution < -0.4 is 0 Å². The molecule has 0 spiro atoms. The molecule has 0 heterocycles. The summed E-state index contributed by atoms with van der Waals surface area (Å²) in [6.45, 7) is 2.08. The van der Waals surface area contributed by atoms with Crippen LogP contribution in [0.4, 0.5) is 13.2 Å².